The van der Waals surface area contributed by atoms with Crippen molar-refractivity contribution in [1.29, 1.82) is 0 Å². The molecule has 1 aromatic rings. The number of carbonyl (C=O) groups is 1. The lowest BCUT2D eigenvalue weighted by molar-refractivity contribution is -0.135. The number of carbonyl (C=O) groups excluding carboxylic acids is 1. The lowest BCUT2D eigenvalue weighted by Crippen LogP contribution is -2.19. The van der Waals surface area contributed by atoms with Gasteiger partial charge in [-0.1, -0.05) is 5.16 Å². The summed E-state index contributed by atoms with van der Waals surface area (Å²) in [7, 11) is 0. The zero-order valence-electron chi connectivity index (χ0n) is 7.77. The van der Waals surface area contributed by atoms with E-state index in [4.69, 9.17) is 9.62 Å². The van der Waals surface area contributed by atoms with E-state index in [-0.39, 0.29) is 18.7 Å². The van der Waals surface area contributed by atoms with Gasteiger partial charge in [-0.3, -0.25) is 0 Å². The first-order valence-electron chi connectivity index (χ1n) is 4.18. The first-order chi connectivity index (χ1) is 6.77. The number of esters is 1. The molecular weight excluding hydrogens is 186 g/mol. The zero-order chi connectivity index (χ0) is 10.4. The topological polar surface area (TPSA) is 72.0 Å². The van der Waals surface area contributed by atoms with Crippen molar-refractivity contribution in [2.75, 3.05) is 6.61 Å². The summed E-state index contributed by atoms with van der Waals surface area (Å²) in [6, 6.07) is 3.37. The molecule has 76 valence electrons. The highest BCUT2D eigenvalue weighted by Gasteiger charge is 2.15. The van der Waals surface area contributed by atoms with Crippen molar-refractivity contribution in [3.63, 3.8) is 0 Å². The molecule has 0 amide bonds. The van der Waals surface area contributed by atoms with Gasteiger partial charge < -0.3 is 14.4 Å². The third-order valence-corrected chi connectivity index (χ3v) is 1.55. The fourth-order valence-corrected chi connectivity index (χ4v) is 0.941. The third-order valence-electron chi connectivity index (χ3n) is 1.55. The minimum Gasteiger partial charge on any atom is -0.469 e. The monoisotopic (exact) mass is 197 g/mol. The van der Waals surface area contributed by atoms with Crippen molar-refractivity contribution in [2.24, 2.45) is 5.16 Å². The van der Waals surface area contributed by atoms with Crippen LogP contribution < -0.4 is 0 Å². The predicted molar refractivity (Wildman–Crippen MR) is 48.3 cm³/mol. The van der Waals surface area contributed by atoms with Gasteiger partial charge in [-0.2, -0.15) is 0 Å². The number of ether oxygens (including phenoxy) is 1. The van der Waals surface area contributed by atoms with E-state index in [0.29, 0.717) is 5.76 Å². The second-order valence-electron chi connectivity index (χ2n) is 2.52. The molecule has 1 rings (SSSR count). The maximum absolute atomic E-state index is 11.1. The maximum Gasteiger partial charge on any atom is 0.356 e. The van der Waals surface area contributed by atoms with Crippen molar-refractivity contribution in [1.82, 2.24) is 0 Å². The molecule has 0 saturated heterocycles. The summed E-state index contributed by atoms with van der Waals surface area (Å²) in [5.41, 5.74) is -0.0678. The highest BCUT2D eigenvalue weighted by atomic mass is 16.5. The Balaban J connectivity index is 2.61. The molecule has 0 atom stereocenters. The number of hydrogen-bond donors (Lipinski definition) is 1. The molecule has 1 heterocycles. The summed E-state index contributed by atoms with van der Waals surface area (Å²) in [5, 5.41) is 11.4. The molecule has 1 aromatic heterocycles. The average molecular weight is 197 g/mol. The van der Waals surface area contributed by atoms with Gasteiger partial charge in [0.2, 0.25) is 0 Å². The first-order valence-corrected chi connectivity index (χ1v) is 4.18. The molecule has 5 heteroatoms. The molecular formula is C9H11NO4. The predicted octanol–water partition coefficient (Wildman–Crippen LogP) is 1.22. The Labute approximate surface area is 81.0 Å². The summed E-state index contributed by atoms with van der Waals surface area (Å²) in [6.07, 6.45) is 1.61. The zero-order valence-corrected chi connectivity index (χ0v) is 7.77. The van der Waals surface area contributed by atoms with E-state index in [1.165, 1.54) is 6.26 Å². The van der Waals surface area contributed by atoms with Crippen molar-refractivity contribution in [3.8, 4) is 0 Å². The fraction of sp³-hybridized carbons (Fsp3) is 0.333. The van der Waals surface area contributed by atoms with Gasteiger partial charge in [0, 0.05) is 0 Å². The summed E-state index contributed by atoms with van der Waals surface area (Å²) >= 11 is 0. The van der Waals surface area contributed by atoms with Gasteiger partial charge in [0.25, 0.3) is 0 Å². The highest BCUT2D eigenvalue weighted by Crippen LogP contribution is 2.03. The molecule has 0 aliphatic carbocycles. The fourth-order valence-electron chi connectivity index (χ4n) is 0.941. The number of furan rings is 1. The van der Waals surface area contributed by atoms with Crippen molar-refractivity contribution in [3.05, 3.63) is 24.2 Å². The lowest BCUT2D eigenvalue weighted by atomic mass is 10.2. The van der Waals surface area contributed by atoms with Crippen molar-refractivity contribution < 1.29 is 19.2 Å². The van der Waals surface area contributed by atoms with Gasteiger partial charge in [0.1, 0.15) is 5.76 Å². The van der Waals surface area contributed by atoms with Crippen LogP contribution in [0.4, 0.5) is 0 Å². The molecule has 0 saturated carbocycles. The van der Waals surface area contributed by atoms with Gasteiger partial charge in [-0.15, -0.1) is 0 Å². The summed E-state index contributed by atoms with van der Waals surface area (Å²) in [5.74, 6) is -0.0859. The Morgan fingerprint density at radius 2 is 2.50 bits per heavy atom. The van der Waals surface area contributed by atoms with Crippen LogP contribution in [-0.4, -0.2) is 23.5 Å². The van der Waals surface area contributed by atoms with E-state index < -0.39 is 5.97 Å². The Kier molecular flexibility index (Phi) is 3.72. The summed E-state index contributed by atoms with van der Waals surface area (Å²) in [6.45, 7) is 1.93. The Morgan fingerprint density at radius 3 is 3.00 bits per heavy atom. The van der Waals surface area contributed by atoms with E-state index in [1.54, 1.807) is 19.1 Å². The quantitative estimate of drug-likeness (QED) is 0.341. The normalized spacial score (nSPS) is 11.4. The molecule has 0 unspecified atom stereocenters. The lowest BCUT2D eigenvalue weighted by Gasteiger charge is -2.01. The molecule has 0 aliphatic rings. The average Bonchev–Trinajstić information content (AvgIpc) is 2.66. The Bertz CT molecular complexity index is 316. The van der Waals surface area contributed by atoms with E-state index in [0.717, 1.165) is 0 Å². The van der Waals surface area contributed by atoms with Crippen LogP contribution in [0.15, 0.2) is 28.0 Å². The van der Waals surface area contributed by atoms with Crippen LogP contribution in [0.25, 0.3) is 0 Å². The molecule has 1 N–H and O–H groups in total. The van der Waals surface area contributed by atoms with Crippen LogP contribution in [0.3, 0.4) is 0 Å². The van der Waals surface area contributed by atoms with Crippen LogP contribution in [0.5, 0.6) is 0 Å². The van der Waals surface area contributed by atoms with E-state index >= 15 is 0 Å². The van der Waals surface area contributed by atoms with Gasteiger partial charge in [0.05, 0.1) is 19.3 Å². The summed E-state index contributed by atoms with van der Waals surface area (Å²) < 4.78 is 9.67. The van der Waals surface area contributed by atoms with Gasteiger partial charge >= 0.3 is 5.97 Å². The molecule has 5 nitrogen and oxygen atoms in total. The minimum absolute atomic E-state index is 0.0678. The van der Waals surface area contributed by atoms with Crippen molar-refractivity contribution >= 4 is 11.7 Å². The van der Waals surface area contributed by atoms with E-state index in [9.17, 15) is 4.79 Å². The van der Waals surface area contributed by atoms with E-state index in [2.05, 4.69) is 9.89 Å². The molecule has 0 spiro atoms. The minimum atomic E-state index is -0.633. The molecule has 0 fully saturated rings. The number of nitrogens with zero attached hydrogens (tertiary/aromatic N) is 1. The van der Waals surface area contributed by atoms with Gasteiger partial charge in [-0.25, -0.2) is 4.79 Å². The molecule has 0 radical (unpaired) electrons. The van der Waals surface area contributed by atoms with Crippen molar-refractivity contribution in [2.45, 2.75) is 13.3 Å². The standard InChI is InChI=1S/C9H11NO4/c1-2-13-9(11)8(10-12)6-7-4-3-5-14-7/h3-5,12H,2,6H2,1H3/b10-8-. The first kappa shape index (κ1) is 10.3. The van der Waals surface area contributed by atoms with Crippen LogP contribution in [0.1, 0.15) is 12.7 Å². The smallest absolute Gasteiger partial charge is 0.356 e. The number of hydrogen-bond acceptors (Lipinski definition) is 5. The Hall–Kier alpha value is -1.78. The second kappa shape index (κ2) is 5.06. The number of oxime groups is 1. The van der Waals surface area contributed by atoms with Gasteiger partial charge in [-0.05, 0) is 19.1 Å². The molecule has 0 bridgehead atoms. The highest BCUT2D eigenvalue weighted by molar-refractivity contribution is 6.36. The Morgan fingerprint density at radius 1 is 1.71 bits per heavy atom. The molecule has 0 aromatic carbocycles. The molecule has 0 aliphatic heterocycles. The van der Waals surface area contributed by atoms with Crippen LogP contribution in [0, 0.1) is 0 Å². The second-order valence-corrected chi connectivity index (χ2v) is 2.52. The van der Waals surface area contributed by atoms with Crippen LogP contribution in [-0.2, 0) is 16.0 Å². The van der Waals surface area contributed by atoms with Crippen LogP contribution in [0.2, 0.25) is 0 Å². The molecule has 14 heavy (non-hydrogen) atoms. The number of rotatable bonds is 4. The van der Waals surface area contributed by atoms with E-state index in [1.807, 2.05) is 0 Å². The third kappa shape index (κ3) is 2.62. The SMILES string of the molecule is CCOC(=O)/C(Cc1ccco1)=N\O. The van der Waals surface area contributed by atoms with Crippen LogP contribution >= 0.6 is 0 Å². The largest absolute Gasteiger partial charge is 0.469 e. The summed E-state index contributed by atoms with van der Waals surface area (Å²) in [4.78, 5) is 11.1. The maximum atomic E-state index is 11.1. The van der Waals surface area contributed by atoms with Gasteiger partial charge in [0.15, 0.2) is 5.71 Å².